The third-order valence-electron chi connectivity index (χ3n) is 3.10. The first kappa shape index (κ1) is 17.0. The fourth-order valence-corrected chi connectivity index (χ4v) is 2.16. The minimum Gasteiger partial charge on any atom is -0.273 e. The maximum atomic E-state index is 11.7. The molecule has 0 unspecified atom stereocenters. The molecule has 1 N–H and O–H groups in total. The van der Waals surface area contributed by atoms with Crippen molar-refractivity contribution in [3.05, 3.63) is 16.9 Å². The standard InChI is InChI=1S/C14H24ClN3O2/c1-3-4-5-6-7-8-9-10-20-17-14(19)12-11-13(15)16-18(12)2/h11H,3-10H2,1-2H3,(H,17,19). The van der Waals surface area contributed by atoms with E-state index in [9.17, 15) is 4.79 Å². The number of carbonyl (C=O) groups excluding carboxylic acids is 1. The van der Waals surface area contributed by atoms with Crippen LogP contribution in [0.2, 0.25) is 5.15 Å². The summed E-state index contributed by atoms with van der Waals surface area (Å²) in [5, 5.41) is 4.19. The van der Waals surface area contributed by atoms with Gasteiger partial charge < -0.3 is 0 Å². The number of aryl methyl sites for hydroxylation is 1. The van der Waals surface area contributed by atoms with Crippen molar-refractivity contribution in [1.82, 2.24) is 15.3 Å². The summed E-state index contributed by atoms with van der Waals surface area (Å²) in [5.74, 6) is -0.324. The van der Waals surface area contributed by atoms with Gasteiger partial charge in [0.2, 0.25) is 0 Å². The molecule has 0 bridgehead atoms. The lowest BCUT2D eigenvalue weighted by molar-refractivity contribution is 0.0289. The number of hydrogen-bond acceptors (Lipinski definition) is 3. The molecule has 0 radical (unpaired) electrons. The maximum Gasteiger partial charge on any atom is 0.293 e. The zero-order chi connectivity index (χ0) is 14.8. The van der Waals surface area contributed by atoms with Crippen molar-refractivity contribution in [1.29, 1.82) is 0 Å². The molecule has 114 valence electrons. The Hall–Kier alpha value is -1.07. The van der Waals surface area contributed by atoms with Crippen LogP contribution in [0, 0.1) is 0 Å². The van der Waals surface area contributed by atoms with Gasteiger partial charge in [-0.25, -0.2) is 5.48 Å². The topological polar surface area (TPSA) is 56.1 Å². The third-order valence-corrected chi connectivity index (χ3v) is 3.28. The zero-order valence-corrected chi connectivity index (χ0v) is 13.1. The fourth-order valence-electron chi connectivity index (χ4n) is 1.94. The number of rotatable bonds is 10. The van der Waals surface area contributed by atoms with E-state index in [1.165, 1.54) is 42.9 Å². The van der Waals surface area contributed by atoms with E-state index in [2.05, 4.69) is 17.5 Å². The van der Waals surface area contributed by atoms with Crippen LogP contribution >= 0.6 is 11.6 Å². The van der Waals surface area contributed by atoms with E-state index in [1.54, 1.807) is 7.05 Å². The van der Waals surface area contributed by atoms with Crippen molar-refractivity contribution >= 4 is 17.5 Å². The summed E-state index contributed by atoms with van der Waals surface area (Å²) >= 11 is 5.71. The van der Waals surface area contributed by atoms with Gasteiger partial charge in [0.1, 0.15) is 5.69 Å². The van der Waals surface area contributed by atoms with Crippen molar-refractivity contribution in [2.45, 2.75) is 51.9 Å². The van der Waals surface area contributed by atoms with Gasteiger partial charge in [-0.3, -0.25) is 14.3 Å². The molecule has 1 aromatic heterocycles. The second-order valence-electron chi connectivity index (χ2n) is 4.88. The van der Waals surface area contributed by atoms with Crippen molar-refractivity contribution < 1.29 is 9.63 Å². The Balaban J connectivity index is 2.04. The van der Waals surface area contributed by atoms with E-state index in [-0.39, 0.29) is 5.91 Å². The highest BCUT2D eigenvalue weighted by atomic mass is 35.5. The van der Waals surface area contributed by atoms with Gasteiger partial charge in [0, 0.05) is 13.1 Å². The van der Waals surface area contributed by atoms with Crippen molar-refractivity contribution in [3.8, 4) is 0 Å². The highest BCUT2D eigenvalue weighted by Gasteiger charge is 2.12. The molecule has 1 aromatic rings. The zero-order valence-electron chi connectivity index (χ0n) is 12.3. The Morgan fingerprint density at radius 2 is 1.95 bits per heavy atom. The molecule has 1 rings (SSSR count). The minimum atomic E-state index is -0.324. The Bertz CT molecular complexity index is 407. The smallest absolute Gasteiger partial charge is 0.273 e. The lowest BCUT2D eigenvalue weighted by Gasteiger charge is -2.06. The predicted octanol–water partition coefficient (Wildman–Crippen LogP) is 3.49. The van der Waals surface area contributed by atoms with Crippen molar-refractivity contribution in [2.24, 2.45) is 7.05 Å². The Labute approximate surface area is 125 Å². The van der Waals surface area contributed by atoms with Crippen LogP contribution in [0.15, 0.2) is 6.07 Å². The lowest BCUT2D eigenvalue weighted by atomic mass is 10.1. The Morgan fingerprint density at radius 1 is 1.30 bits per heavy atom. The predicted molar refractivity (Wildman–Crippen MR) is 79.6 cm³/mol. The molecule has 6 heteroatoms. The Kier molecular flexibility index (Phi) is 8.30. The molecule has 0 aliphatic heterocycles. The number of carbonyl (C=O) groups is 1. The molecular formula is C14H24ClN3O2. The average Bonchev–Trinajstić information content (AvgIpc) is 2.75. The molecule has 0 spiro atoms. The molecule has 5 nitrogen and oxygen atoms in total. The SMILES string of the molecule is CCCCCCCCCONC(=O)c1cc(Cl)nn1C. The van der Waals surface area contributed by atoms with E-state index < -0.39 is 0 Å². The molecule has 0 aliphatic carbocycles. The number of nitrogens with one attached hydrogen (secondary N) is 1. The summed E-state index contributed by atoms with van der Waals surface area (Å²) in [7, 11) is 1.66. The maximum absolute atomic E-state index is 11.7. The highest BCUT2D eigenvalue weighted by Crippen LogP contribution is 2.08. The number of nitrogens with zero attached hydrogens (tertiary/aromatic N) is 2. The number of aromatic nitrogens is 2. The lowest BCUT2D eigenvalue weighted by Crippen LogP contribution is -2.26. The van der Waals surface area contributed by atoms with Crippen LogP contribution in [0.3, 0.4) is 0 Å². The molecule has 0 saturated carbocycles. The van der Waals surface area contributed by atoms with Gasteiger partial charge in [-0.1, -0.05) is 57.0 Å². The minimum absolute atomic E-state index is 0.296. The van der Waals surface area contributed by atoms with Crippen LogP contribution in [-0.2, 0) is 11.9 Å². The number of hydroxylamine groups is 1. The number of amides is 1. The van der Waals surface area contributed by atoms with Crippen LogP contribution in [-0.4, -0.2) is 22.3 Å². The molecule has 0 atom stereocenters. The number of hydrogen-bond donors (Lipinski definition) is 1. The highest BCUT2D eigenvalue weighted by molar-refractivity contribution is 6.29. The first-order valence-electron chi connectivity index (χ1n) is 7.26. The van der Waals surface area contributed by atoms with Gasteiger partial charge in [-0.2, -0.15) is 5.10 Å². The molecule has 0 aromatic carbocycles. The Morgan fingerprint density at radius 3 is 2.55 bits per heavy atom. The van der Waals surface area contributed by atoms with Gasteiger partial charge in [0.25, 0.3) is 5.91 Å². The number of halogens is 1. The summed E-state index contributed by atoms with van der Waals surface area (Å²) in [6.07, 6.45) is 8.51. The van der Waals surface area contributed by atoms with Crippen LogP contribution in [0.4, 0.5) is 0 Å². The van der Waals surface area contributed by atoms with E-state index in [0.29, 0.717) is 17.5 Å². The van der Waals surface area contributed by atoms with Gasteiger partial charge in [-0.15, -0.1) is 0 Å². The van der Waals surface area contributed by atoms with Gasteiger partial charge in [-0.05, 0) is 6.42 Å². The van der Waals surface area contributed by atoms with Crippen LogP contribution in [0.5, 0.6) is 0 Å². The van der Waals surface area contributed by atoms with Gasteiger partial charge in [0.15, 0.2) is 5.15 Å². The van der Waals surface area contributed by atoms with E-state index >= 15 is 0 Å². The average molecular weight is 302 g/mol. The summed E-state index contributed by atoms with van der Waals surface area (Å²) in [6, 6.07) is 1.51. The monoisotopic (exact) mass is 301 g/mol. The third kappa shape index (κ3) is 6.39. The fraction of sp³-hybridized carbons (Fsp3) is 0.714. The summed E-state index contributed by atoms with van der Waals surface area (Å²) < 4.78 is 1.43. The molecule has 0 aliphatic rings. The second-order valence-corrected chi connectivity index (χ2v) is 5.26. The van der Waals surface area contributed by atoms with E-state index in [1.807, 2.05) is 0 Å². The summed E-state index contributed by atoms with van der Waals surface area (Å²) in [6.45, 7) is 2.75. The first-order chi connectivity index (χ1) is 9.65. The van der Waals surface area contributed by atoms with E-state index in [4.69, 9.17) is 16.4 Å². The molecule has 1 amide bonds. The molecular weight excluding hydrogens is 278 g/mol. The molecule has 1 heterocycles. The van der Waals surface area contributed by atoms with Crippen LogP contribution in [0.1, 0.15) is 62.4 Å². The van der Waals surface area contributed by atoms with Crippen LogP contribution < -0.4 is 5.48 Å². The van der Waals surface area contributed by atoms with Gasteiger partial charge >= 0.3 is 0 Å². The molecule has 0 fully saturated rings. The molecule has 0 saturated heterocycles. The van der Waals surface area contributed by atoms with Crippen molar-refractivity contribution in [2.75, 3.05) is 6.61 Å². The normalized spacial score (nSPS) is 10.8. The van der Waals surface area contributed by atoms with Gasteiger partial charge in [0.05, 0.1) is 6.61 Å². The van der Waals surface area contributed by atoms with Crippen molar-refractivity contribution in [3.63, 3.8) is 0 Å². The van der Waals surface area contributed by atoms with E-state index in [0.717, 1.165) is 12.8 Å². The summed E-state index contributed by atoms with van der Waals surface area (Å²) in [4.78, 5) is 16.9. The largest absolute Gasteiger partial charge is 0.293 e. The summed E-state index contributed by atoms with van der Waals surface area (Å²) in [5.41, 5.74) is 2.79. The number of unbranched alkanes of at least 4 members (excludes halogenated alkanes) is 6. The van der Waals surface area contributed by atoms with Crippen LogP contribution in [0.25, 0.3) is 0 Å². The molecule has 20 heavy (non-hydrogen) atoms. The second kappa shape index (κ2) is 9.77. The first-order valence-corrected chi connectivity index (χ1v) is 7.64. The quantitative estimate of drug-likeness (QED) is 0.531.